The Balaban J connectivity index is 1.27. The van der Waals surface area contributed by atoms with Crippen LogP contribution in [0, 0.1) is 0 Å². The number of esters is 4. The van der Waals surface area contributed by atoms with Gasteiger partial charge in [0.15, 0.2) is 0 Å². The molecule has 0 radical (unpaired) electrons. The van der Waals surface area contributed by atoms with Gasteiger partial charge in [-0.15, -0.1) is 0 Å². The van der Waals surface area contributed by atoms with Crippen molar-refractivity contribution in [3.05, 3.63) is 102 Å². The molecule has 4 rings (SSSR count). The molecule has 10 heteroatoms. The lowest BCUT2D eigenvalue weighted by molar-refractivity contribution is -0.144. The monoisotopic (exact) mass is 614 g/mol. The summed E-state index contributed by atoms with van der Waals surface area (Å²) in [6.45, 7) is 9.65. The quantitative estimate of drug-likeness (QED) is 0.0705. The molecule has 234 valence electrons. The van der Waals surface area contributed by atoms with E-state index in [0.29, 0.717) is 30.1 Å². The van der Waals surface area contributed by atoms with Gasteiger partial charge in [0.2, 0.25) is 0 Å². The van der Waals surface area contributed by atoms with E-state index >= 15 is 0 Å². The van der Waals surface area contributed by atoms with Gasteiger partial charge in [0.25, 0.3) is 0 Å². The summed E-state index contributed by atoms with van der Waals surface area (Å²) < 4.78 is 31.5. The van der Waals surface area contributed by atoms with Gasteiger partial charge in [-0.2, -0.15) is 0 Å². The second kappa shape index (κ2) is 15.4. The van der Waals surface area contributed by atoms with Crippen molar-refractivity contribution in [3.8, 4) is 28.4 Å². The Morgan fingerprint density at radius 1 is 0.778 bits per heavy atom. The topological polar surface area (TPSA) is 124 Å². The highest BCUT2D eigenvalue weighted by Crippen LogP contribution is 2.46. The van der Waals surface area contributed by atoms with E-state index < -0.39 is 23.9 Å². The molecule has 0 fully saturated rings. The van der Waals surface area contributed by atoms with Crippen LogP contribution in [-0.4, -0.2) is 57.4 Å². The van der Waals surface area contributed by atoms with Crippen LogP contribution < -0.4 is 14.2 Å². The van der Waals surface area contributed by atoms with Gasteiger partial charge in [-0.3, -0.25) is 4.79 Å². The Morgan fingerprint density at radius 3 is 2.13 bits per heavy atom. The van der Waals surface area contributed by atoms with Gasteiger partial charge in [0.1, 0.15) is 30.5 Å². The van der Waals surface area contributed by atoms with E-state index in [1.807, 2.05) is 30.3 Å². The first-order chi connectivity index (χ1) is 21.7. The summed E-state index contributed by atoms with van der Waals surface area (Å²) in [5.74, 6) is -0.631. The number of hydrogen-bond donors (Lipinski definition) is 0. The molecule has 0 saturated carbocycles. The number of methoxy groups -OCH3 is 1. The Kier molecular flexibility index (Phi) is 11.1. The average molecular weight is 615 g/mol. The van der Waals surface area contributed by atoms with E-state index in [2.05, 4.69) is 24.8 Å². The van der Waals surface area contributed by atoms with Gasteiger partial charge in [0.05, 0.1) is 32.3 Å². The summed E-state index contributed by atoms with van der Waals surface area (Å²) in [4.78, 5) is 47.2. The van der Waals surface area contributed by atoms with Crippen molar-refractivity contribution in [2.45, 2.75) is 25.7 Å². The third-order valence-corrected chi connectivity index (χ3v) is 7.00. The number of carbonyl (C=O) groups excluding carboxylic acids is 4. The highest BCUT2D eigenvalue weighted by atomic mass is 16.6. The summed E-state index contributed by atoms with van der Waals surface area (Å²) in [7, 11) is 1.22. The van der Waals surface area contributed by atoms with Crippen molar-refractivity contribution < 1.29 is 47.6 Å². The van der Waals surface area contributed by atoms with Gasteiger partial charge >= 0.3 is 23.9 Å². The smallest absolute Gasteiger partial charge is 0.343 e. The molecule has 0 saturated heterocycles. The van der Waals surface area contributed by atoms with E-state index in [0.717, 1.165) is 34.1 Å². The fourth-order valence-electron chi connectivity index (χ4n) is 4.66. The van der Waals surface area contributed by atoms with Crippen molar-refractivity contribution in [1.29, 1.82) is 0 Å². The predicted octanol–water partition coefficient (Wildman–Crippen LogP) is 5.58. The van der Waals surface area contributed by atoms with Crippen LogP contribution in [0.5, 0.6) is 17.2 Å². The Hall–Kier alpha value is -5.38. The van der Waals surface area contributed by atoms with Crippen LogP contribution in [0.1, 0.15) is 47.2 Å². The van der Waals surface area contributed by atoms with Crippen LogP contribution in [0.4, 0.5) is 0 Å². The Labute approximate surface area is 261 Å². The lowest BCUT2D eigenvalue weighted by Gasteiger charge is -2.11. The van der Waals surface area contributed by atoms with Crippen LogP contribution in [0.25, 0.3) is 11.1 Å². The number of ether oxygens (including phenoxy) is 6. The molecule has 0 bridgehead atoms. The molecule has 0 N–H and O–H groups in total. The number of fused-ring (bicyclic) bond motifs is 3. The third-order valence-electron chi connectivity index (χ3n) is 7.00. The Morgan fingerprint density at radius 2 is 1.42 bits per heavy atom. The molecular weight excluding hydrogens is 580 g/mol. The average Bonchev–Trinajstić information content (AvgIpc) is 3.33. The molecule has 3 aromatic carbocycles. The van der Waals surface area contributed by atoms with Crippen molar-refractivity contribution in [1.82, 2.24) is 0 Å². The summed E-state index contributed by atoms with van der Waals surface area (Å²) in [6, 6.07) is 17.9. The maximum absolute atomic E-state index is 13.0. The lowest BCUT2D eigenvalue weighted by atomic mass is 9.98. The van der Waals surface area contributed by atoms with Gasteiger partial charge < -0.3 is 28.4 Å². The summed E-state index contributed by atoms with van der Waals surface area (Å²) >= 11 is 0. The van der Waals surface area contributed by atoms with Gasteiger partial charge in [0, 0.05) is 24.0 Å². The fraction of sp³-hybridized carbons (Fsp3) is 0.257. The number of hydrogen-bond acceptors (Lipinski definition) is 10. The van der Waals surface area contributed by atoms with Crippen LogP contribution in [0.15, 0.2) is 85.5 Å². The van der Waals surface area contributed by atoms with E-state index in [9.17, 15) is 19.2 Å². The molecule has 1 aliphatic rings. The standard InChI is InChI=1S/C35H34O10/c1-5-32(36)43-16-6-15-41-27-12-14-29-28-13-7-24(20-30(28)23(3)31(29)21-27)35(39)45-26-10-8-25(9-11-26)42-17-18-44-34(38)22(2)19-33(37)40-4/h5,7-14,20-21,23H,1-2,6,15-19H2,3-4H3. The van der Waals surface area contributed by atoms with Crippen LogP contribution in [0.2, 0.25) is 0 Å². The molecule has 0 spiro atoms. The first-order valence-electron chi connectivity index (χ1n) is 14.3. The first kappa shape index (κ1) is 32.5. The zero-order chi connectivity index (χ0) is 32.3. The normalized spacial score (nSPS) is 12.6. The van der Waals surface area contributed by atoms with E-state index in [-0.39, 0.29) is 37.7 Å². The highest BCUT2D eigenvalue weighted by molar-refractivity contribution is 5.94. The minimum Gasteiger partial charge on any atom is -0.493 e. The zero-order valence-electron chi connectivity index (χ0n) is 25.2. The Bertz CT molecular complexity index is 1590. The van der Waals surface area contributed by atoms with E-state index in [1.54, 1.807) is 30.3 Å². The summed E-state index contributed by atoms with van der Waals surface area (Å²) in [5, 5.41) is 0. The second-order valence-corrected chi connectivity index (χ2v) is 10.0. The van der Waals surface area contributed by atoms with Crippen molar-refractivity contribution >= 4 is 23.9 Å². The maximum atomic E-state index is 13.0. The number of rotatable bonds is 15. The maximum Gasteiger partial charge on any atom is 0.343 e. The molecule has 10 nitrogen and oxygen atoms in total. The molecule has 0 aromatic heterocycles. The molecule has 0 aliphatic heterocycles. The summed E-state index contributed by atoms with van der Waals surface area (Å²) in [5.41, 5.74) is 4.68. The molecule has 45 heavy (non-hydrogen) atoms. The fourth-order valence-corrected chi connectivity index (χ4v) is 4.66. The van der Waals surface area contributed by atoms with Crippen molar-refractivity contribution in [2.24, 2.45) is 0 Å². The number of carbonyl (C=O) groups is 4. The minimum atomic E-state index is -0.702. The van der Waals surface area contributed by atoms with Crippen molar-refractivity contribution in [3.63, 3.8) is 0 Å². The van der Waals surface area contributed by atoms with E-state index in [1.165, 1.54) is 7.11 Å². The highest BCUT2D eigenvalue weighted by Gasteiger charge is 2.27. The zero-order valence-corrected chi connectivity index (χ0v) is 25.2. The second-order valence-electron chi connectivity index (χ2n) is 10.0. The third kappa shape index (κ3) is 8.60. The van der Waals surface area contributed by atoms with E-state index in [4.69, 9.17) is 23.7 Å². The SMILES string of the molecule is C=CC(=O)OCCCOc1ccc2c(c1)C(C)c1cc(C(=O)Oc3ccc(OCCOC(=O)C(=C)CC(=O)OC)cc3)ccc1-2. The van der Waals surface area contributed by atoms with Crippen LogP contribution >= 0.6 is 0 Å². The summed E-state index contributed by atoms with van der Waals surface area (Å²) in [6.07, 6.45) is 1.44. The predicted molar refractivity (Wildman–Crippen MR) is 164 cm³/mol. The van der Waals surface area contributed by atoms with Crippen molar-refractivity contribution in [2.75, 3.05) is 33.5 Å². The first-order valence-corrected chi connectivity index (χ1v) is 14.3. The van der Waals surface area contributed by atoms with Gasteiger partial charge in [-0.25, -0.2) is 14.4 Å². The molecular formula is C35H34O10. The largest absolute Gasteiger partial charge is 0.493 e. The van der Waals surface area contributed by atoms with Gasteiger partial charge in [-0.05, 0) is 70.8 Å². The molecule has 3 aromatic rings. The number of benzene rings is 3. The minimum absolute atomic E-state index is 0.00640. The molecule has 0 heterocycles. The van der Waals surface area contributed by atoms with Gasteiger partial charge in [-0.1, -0.05) is 32.2 Å². The molecule has 1 aliphatic carbocycles. The van der Waals surface area contributed by atoms with Crippen LogP contribution in [-0.2, 0) is 28.6 Å². The van der Waals surface area contributed by atoms with Crippen LogP contribution in [0.3, 0.4) is 0 Å². The molecule has 1 unspecified atom stereocenters. The molecule has 1 atom stereocenters. The molecule has 0 amide bonds. The lowest BCUT2D eigenvalue weighted by Crippen LogP contribution is -2.15.